The van der Waals surface area contributed by atoms with Crippen LogP contribution in [0, 0.1) is 5.92 Å². The molecule has 0 amide bonds. The second-order valence-corrected chi connectivity index (χ2v) is 6.91. The summed E-state index contributed by atoms with van der Waals surface area (Å²) in [6.45, 7) is 5.09. The first kappa shape index (κ1) is 15.2. The van der Waals surface area contributed by atoms with Crippen molar-refractivity contribution in [2.45, 2.75) is 25.8 Å². The van der Waals surface area contributed by atoms with E-state index in [4.69, 9.17) is 0 Å². The van der Waals surface area contributed by atoms with Gasteiger partial charge in [-0.25, -0.2) is 0 Å². The van der Waals surface area contributed by atoms with Crippen LogP contribution in [0.25, 0.3) is 0 Å². The molecular weight excluding hydrogens is 262 g/mol. The molecule has 7 heteroatoms. The Morgan fingerprint density at radius 3 is 2.18 bits per heavy atom. The van der Waals surface area contributed by atoms with Gasteiger partial charge in [-0.1, -0.05) is 6.92 Å². The lowest BCUT2D eigenvalue weighted by molar-refractivity contribution is 0.230. The van der Waals surface area contributed by atoms with Crippen molar-refractivity contribution in [1.82, 2.24) is 13.9 Å². The average molecular weight is 284 g/mol. The fourth-order valence-electron chi connectivity index (χ4n) is 2.12. The third-order valence-electron chi connectivity index (χ3n) is 3.71. The summed E-state index contributed by atoms with van der Waals surface area (Å²) in [7, 11) is -1.53. The standard InChI is InChI=1S/C10H21N3O2S.ClH/c1-9-3-5-13(6-4-9)16(14,15)12(2)10-7-11-8-10;/h9-11H,3-8H2,1-2H3;1H. The van der Waals surface area contributed by atoms with Crippen molar-refractivity contribution in [3.63, 3.8) is 0 Å². The molecule has 0 unspecified atom stereocenters. The Hall–Kier alpha value is 0.120. The van der Waals surface area contributed by atoms with Crippen molar-refractivity contribution in [3.8, 4) is 0 Å². The number of rotatable bonds is 3. The van der Waals surface area contributed by atoms with Crippen molar-refractivity contribution in [2.75, 3.05) is 33.2 Å². The molecule has 0 bridgehead atoms. The van der Waals surface area contributed by atoms with Gasteiger partial charge >= 0.3 is 0 Å². The molecule has 0 saturated carbocycles. The van der Waals surface area contributed by atoms with E-state index in [1.165, 1.54) is 4.31 Å². The van der Waals surface area contributed by atoms with Gasteiger partial charge in [0.05, 0.1) is 6.04 Å². The van der Waals surface area contributed by atoms with E-state index in [0.717, 1.165) is 25.9 Å². The fourth-order valence-corrected chi connectivity index (χ4v) is 3.68. The molecule has 2 heterocycles. The Morgan fingerprint density at radius 1 is 1.24 bits per heavy atom. The van der Waals surface area contributed by atoms with Crippen molar-refractivity contribution in [1.29, 1.82) is 0 Å². The molecule has 0 aromatic carbocycles. The third-order valence-corrected chi connectivity index (χ3v) is 5.75. The highest BCUT2D eigenvalue weighted by molar-refractivity contribution is 7.86. The fraction of sp³-hybridized carbons (Fsp3) is 1.00. The Morgan fingerprint density at radius 2 is 1.76 bits per heavy atom. The van der Waals surface area contributed by atoms with Gasteiger partial charge in [-0.3, -0.25) is 0 Å². The molecule has 2 saturated heterocycles. The molecule has 0 spiro atoms. The maximum atomic E-state index is 12.3. The van der Waals surface area contributed by atoms with E-state index >= 15 is 0 Å². The first-order chi connectivity index (χ1) is 7.51. The molecule has 0 aromatic rings. The molecule has 2 aliphatic heterocycles. The molecule has 2 fully saturated rings. The van der Waals surface area contributed by atoms with E-state index in [9.17, 15) is 8.42 Å². The van der Waals surface area contributed by atoms with E-state index < -0.39 is 10.2 Å². The zero-order chi connectivity index (χ0) is 11.8. The first-order valence-corrected chi connectivity index (χ1v) is 7.35. The summed E-state index contributed by atoms with van der Waals surface area (Å²) in [5.74, 6) is 0.655. The van der Waals surface area contributed by atoms with Crippen LogP contribution < -0.4 is 5.32 Å². The van der Waals surface area contributed by atoms with Gasteiger partial charge in [-0.15, -0.1) is 12.4 Å². The van der Waals surface area contributed by atoms with Crippen LogP contribution in [0.2, 0.25) is 0 Å². The van der Waals surface area contributed by atoms with E-state index in [1.54, 1.807) is 11.4 Å². The second kappa shape index (κ2) is 5.84. The molecule has 1 N–H and O–H groups in total. The molecule has 5 nitrogen and oxygen atoms in total. The Labute approximate surface area is 110 Å². The first-order valence-electron chi connectivity index (χ1n) is 5.95. The van der Waals surface area contributed by atoms with Gasteiger partial charge in [0, 0.05) is 33.2 Å². The van der Waals surface area contributed by atoms with Crippen LogP contribution in [-0.4, -0.2) is 56.3 Å². The van der Waals surface area contributed by atoms with Crippen LogP contribution in [0.4, 0.5) is 0 Å². The van der Waals surface area contributed by atoms with Crippen molar-refractivity contribution < 1.29 is 8.42 Å². The number of nitrogens with zero attached hydrogens (tertiary/aromatic N) is 2. The van der Waals surface area contributed by atoms with Gasteiger partial charge in [0.1, 0.15) is 0 Å². The van der Waals surface area contributed by atoms with Gasteiger partial charge in [0.2, 0.25) is 0 Å². The van der Waals surface area contributed by atoms with Crippen LogP contribution in [0.15, 0.2) is 0 Å². The Bertz CT molecular complexity index is 337. The van der Waals surface area contributed by atoms with Crippen LogP contribution in [0.5, 0.6) is 0 Å². The monoisotopic (exact) mass is 283 g/mol. The smallest absolute Gasteiger partial charge is 0.282 e. The Balaban J connectivity index is 0.00000144. The van der Waals surface area contributed by atoms with Crippen molar-refractivity contribution in [2.24, 2.45) is 5.92 Å². The van der Waals surface area contributed by atoms with E-state index in [2.05, 4.69) is 12.2 Å². The van der Waals surface area contributed by atoms with E-state index in [1.807, 2.05) is 0 Å². The minimum atomic E-state index is -3.22. The van der Waals surface area contributed by atoms with Gasteiger partial charge in [0.15, 0.2) is 0 Å². The minimum Gasteiger partial charge on any atom is -0.313 e. The van der Waals surface area contributed by atoms with E-state index in [-0.39, 0.29) is 18.4 Å². The van der Waals surface area contributed by atoms with Gasteiger partial charge in [-0.2, -0.15) is 17.0 Å². The highest BCUT2D eigenvalue weighted by atomic mass is 35.5. The average Bonchev–Trinajstić information content (AvgIpc) is 2.15. The predicted molar refractivity (Wildman–Crippen MR) is 70.6 cm³/mol. The molecule has 2 aliphatic rings. The molecule has 0 aromatic heterocycles. The normalized spacial score (nSPS) is 24.4. The number of likely N-dealkylation sites (N-methyl/N-ethyl adjacent to an activating group) is 1. The summed E-state index contributed by atoms with van der Waals surface area (Å²) in [5.41, 5.74) is 0. The molecule has 0 aliphatic carbocycles. The topological polar surface area (TPSA) is 52.7 Å². The largest absolute Gasteiger partial charge is 0.313 e. The van der Waals surface area contributed by atoms with Crippen LogP contribution in [-0.2, 0) is 10.2 Å². The molecule has 17 heavy (non-hydrogen) atoms. The predicted octanol–water partition coefficient (Wildman–Crippen LogP) is 0.288. The summed E-state index contributed by atoms with van der Waals surface area (Å²) in [6, 6.07) is 0.143. The number of hydrogen-bond acceptors (Lipinski definition) is 3. The van der Waals surface area contributed by atoms with Gasteiger partial charge in [-0.05, 0) is 18.8 Å². The second-order valence-electron chi connectivity index (χ2n) is 4.92. The zero-order valence-electron chi connectivity index (χ0n) is 10.4. The molecule has 102 valence electrons. The summed E-state index contributed by atoms with van der Waals surface area (Å²) in [5, 5.41) is 3.10. The lowest BCUT2D eigenvalue weighted by atomic mass is 10.0. The highest BCUT2D eigenvalue weighted by Crippen LogP contribution is 2.21. The molecule has 0 radical (unpaired) electrons. The maximum absolute atomic E-state index is 12.3. The lowest BCUT2D eigenvalue weighted by Crippen LogP contribution is -2.60. The third kappa shape index (κ3) is 3.12. The number of halogens is 1. The number of nitrogens with one attached hydrogen (secondary N) is 1. The van der Waals surface area contributed by atoms with E-state index in [0.29, 0.717) is 19.0 Å². The van der Waals surface area contributed by atoms with Gasteiger partial charge in [0.25, 0.3) is 10.2 Å². The van der Waals surface area contributed by atoms with Crippen LogP contribution >= 0.6 is 12.4 Å². The Kier molecular flexibility index (Phi) is 5.21. The summed E-state index contributed by atoms with van der Waals surface area (Å²) < 4.78 is 27.7. The summed E-state index contributed by atoms with van der Waals surface area (Å²) >= 11 is 0. The number of hydrogen-bond donors (Lipinski definition) is 1. The zero-order valence-corrected chi connectivity index (χ0v) is 12.1. The summed E-state index contributed by atoms with van der Waals surface area (Å²) in [4.78, 5) is 0. The van der Waals surface area contributed by atoms with Gasteiger partial charge < -0.3 is 5.32 Å². The van der Waals surface area contributed by atoms with Crippen molar-refractivity contribution in [3.05, 3.63) is 0 Å². The lowest BCUT2D eigenvalue weighted by Gasteiger charge is -2.39. The van der Waals surface area contributed by atoms with Crippen LogP contribution in [0.3, 0.4) is 0 Å². The van der Waals surface area contributed by atoms with Crippen LogP contribution in [0.1, 0.15) is 19.8 Å². The highest BCUT2D eigenvalue weighted by Gasteiger charge is 2.35. The molecule has 0 atom stereocenters. The maximum Gasteiger partial charge on any atom is 0.282 e. The number of piperidine rings is 1. The quantitative estimate of drug-likeness (QED) is 0.810. The van der Waals surface area contributed by atoms with Crippen molar-refractivity contribution >= 4 is 22.6 Å². The molecule has 2 rings (SSSR count). The molecular formula is C10H22ClN3O2S. The SMILES string of the molecule is CC1CCN(S(=O)(=O)N(C)C2CNC2)CC1.Cl. The minimum absolute atomic E-state index is 0. The summed E-state index contributed by atoms with van der Waals surface area (Å²) in [6.07, 6.45) is 1.96.